The van der Waals surface area contributed by atoms with Crippen molar-refractivity contribution in [1.29, 1.82) is 0 Å². The number of hydrogen-bond donors (Lipinski definition) is 2. The number of pyridine rings is 1. The fourth-order valence-electron chi connectivity index (χ4n) is 1.65. The van der Waals surface area contributed by atoms with Crippen LogP contribution in [0.15, 0.2) is 46.0 Å². The predicted octanol–water partition coefficient (Wildman–Crippen LogP) is 5.02. The summed E-state index contributed by atoms with van der Waals surface area (Å²) >= 11 is 10.1. The number of alkyl halides is 2. The van der Waals surface area contributed by atoms with Crippen LogP contribution >= 0.6 is 46.9 Å². The van der Waals surface area contributed by atoms with Gasteiger partial charge in [0.15, 0.2) is 0 Å². The average Bonchev–Trinajstić information content (AvgIpc) is 2.45. The molecule has 4 nitrogen and oxygen atoms in total. The second-order valence-corrected chi connectivity index (χ2v) is 8.44. The largest absolute Gasteiger partial charge is 0.399 e. The highest BCUT2D eigenvalue weighted by atomic mass is 79.9. The molecular weight excluding hydrogens is 435 g/mol. The number of benzene rings is 1. The first-order valence-electron chi connectivity index (χ1n) is 6.08. The normalized spacial score (nSPS) is 12.4. The number of halogens is 4. The molecule has 124 valence electrons. The Balaban J connectivity index is 2.16. The van der Waals surface area contributed by atoms with Gasteiger partial charge in [-0.3, -0.25) is 4.57 Å². The van der Waals surface area contributed by atoms with E-state index in [1.165, 1.54) is 30.1 Å². The molecule has 2 rings (SSSR count). The molecule has 0 aliphatic carbocycles. The zero-order chi connectivity index (χ0) is 17.3. The van der Waals surface area contributed by atoms with Gasteiger partial charge in [0.25, 0.3) is 0 Å². The smallest absolute Gasteiger partial charge is 0.320 e. The van der Waals surface area contributed by atoms with Crippen LogP contribution in [0.25, 0.3) is 0 Å². The van der Waals surface area contributed by atoms with Crippen LogP contribution in [-0.2, 0) is 16.0 Å². The van der Waals surface area contributed by atoms with Crippen molar-refractivity contribution in [2.24, 2.45) is 0 Å². The van der Waals surface area contributed by atoms with Gasteiger partial charge in [0.05, 0.1) is 10.0 Å². The molecule has 1 aromatic carbocycles. The van der Waals surface area contributed by atoms with E-state index < -0.39 is 18.8 Å². The van der Waals surface area contributed by atoms with Crippen molar-refractivity contribution in [3.63, 3.8) is 0 Å². The summed E-state index contributed by atoms with van der Waals surface area (Å²) in [5.41, 5.74) is -4.29. The van der Waals surface area contributed by atoms with Crippen LogP contribution in [0, 0.1) is 0 Å². The number of hydrogen-bond acceptors (Lipinski definition) is 3. The molecule has 2 aromatic rings. The summed E-state index contributed by atoms with van der Waals surface area (Å²) in [4.78, 5) is 21.7. The van der Waals surface area contributed by atoms with Gasteiger partial charge >= 0.3 is 13.3 Å². The lowest BCUT2D eigenvalue weighted by Crippen LogP contribution is -2.14. The Bertz CT molecular complexity index is 757. The van der Waals surface area contributed by atoms with Gasteiger partial charge in [0, 0.05) is 22.0 Å². The van der Waals surface area contributed by atoms with Crippen molar-refractivity contribution >= 4 is 46.9 Å². The molecule has 0 radical (unpaired) electrons. The molecule has 10 heteroatoms. The van der Waals surface area contributed by atoms with Crippen molar-refractivity contribution in [1.82, 2.24) is 4.98 Å². The molecular formula is C13H10BrClF2NO3PS. The Labute approximate surface area is 148 Å². The lowest BCUT2D eigenvalue weighted by molar-refractivity contribution is 0.0557. The van der Waals surface area contributed by atoms with Crippen LogP contribution in [0.1, 0.15) is 11.1 Å². The van der Waals surface area contributed by atoms with Crippen molar-refractivity contribution < 1.29 is 23.1 Å². The van der Waals surface area contributed by atoms with Crippen LogP contribution < -0.4 is 0 Å². The molecule has 0 spiro atoms. The SMILES string of the molecule is O=P(O)(O)C(F)(F)c1ccc(CSc2ccc(Cl)cn2)cc1Br. The molecule has 1 aromatic heterocycles. The lowest BCUT2D eigenvalue weighted by Gasteiger charge is -2.19. The van der Waals surface area contributed by atoms with Crippen molar-refractivity contribution in [2.45, 2.75) is 16.4 Å². The van der Waals surface area contributed by atoms with Crippen molar-refractivity contribution in [3.8, 4) is 0 Å². The first-order valence-corrected chi connectivity index (χ1v) is 9.85. The Morgan fingerprint density at radius 3 is 2.52 bits per heavy atom. The van der Waals surface area contributed by atoms with Crippen LogP contribution in [0.2, 0.25) is 5.02 Å². The topological polar surface area (TPSA) is 70.4 Å². The van der Waals surface area contributed by atoms with Crippen molar-refractivity contribution in [3.05, 3.63) is 57.2 Å². The van der Waals surface area contributed by atoms with Crippen LogP contribution in [-0.4, -0.2) is 14.8 Å². The van der Waals surface area contributed by atoms with E-state index >= 15 is 0 Å². The van der Waals surface area contributed by atoms with E-state index in [0.29, 0.717) is 16.3 Å². The highest BCUT2D eigenvalue weighted by Gasteiger charge is 2.51. The van der Waals surface area contributed by atoms with Gasteiger partial charge in [-0.05, 0) is 23.8 Å². The number of aromatic nitrogens is 1. The van der Waals surface area contributed by atoms with E-state index in [2.05, 4.69) is 20.9 Å². The summed E-state index contributed by atoms with van der Waals surface area (Å²) < 4.78 is 38.3. The summed E-state index contributed by atoms with van der Waals surface area (Å²) in [5, 5.41) is 1.23. The third kappa shape index (κ3) is 4.53. The van der Waals surface area contributed by atoms with Crippen LogP contribution in [0.4, 0.5) is 8.78 Å². The summed E-state index contributed by atoms with van der Waals surface area (Å²) in [6.45, 7) is 0. The van der Waals surface area contributed by atoms with Crippen molar-refractivity contribution in [2.75, 3.05) is 0 Å². The molecule has 0 atom stereocenters. The monoisotopic (exact) mass is 443 g/mol. The van der Waals surface area contributed by atoms with Gasteiger partial charge in [-0.25, -0.2) is 4.98 Å². The maximum Gasteiger partial charge on any atom is 0.399 e. The Kier molecular flexibility index (Phi) is 5.87. The van der Waals surface area contributed by atoms with Gasteiger partial charge < -0.3 is 9.79 Å². The van der Waals surface area contributed by atoms with E-state index in [-0.39, 0.29) is 4.47 Å². The molecule has 0 saturated heterocycles. The third-order valence-corrected chi connectivity index (χ3v) is 5.68. The molecule has 0 amide bonds. The molecule has 2 N–H and O–H groups in total. The first kappa shape index (κ1) is 18.8. The number of thioether (sulfide) groups is 1. The summed E-state index contributed by atoms with van der Waals surface area (Å²) in [5.74, 6) is 0.453. The van der Waals surface area contributed by atoms with E-state index in [1.54, 1.807) is 12.1 Å². The number of nitrogens with zero attached hydrogens (tertiary/aromatic N) is 1. The minimum Gasteiger partial charge on any atom is -0.320 e. The predicted molar refractivity (Wildman–Crippen MR) is 88.9 cm³/mol. The minimum absolute atomic E-state index is 0.0620. The Morgan fingerprint density at radius 2 is 2.00 bits per heavy atom. The maximum absolute atomic E-state index is 13.7. The lowest BCUT2D eigenvalue weighted by atomic mass is 10.1. The molecule has 0 aliphatic heterocycles. The zero-order valence-electron chi connectivity index (χ0n) is 11.3. The van der Waals surface area contributed by atoms with E-state index in [4.69, 9.17) is 21.4 Å². The third-order valence-electron chi connectivity index (χ3n) is 2.81. The molecule has 1 heterocycles. The Morgan fingerprint density at radius 1 is 1.30 bits per heavy atom. The van der Waals surface area contributed by atoms with E-state index in [0.717, 1.165) is 11.1 Å². The molecule has 0 fully saturated rings. The standard InChI is InChI=1S/C13H10BrClF2NO3PS/c14-11-5-8(7-23-12-4-2-9(15)6-18-12)1-3-10(11)13(16,17)22(19,20)21/h1-6H,7H2,(H2,19,20,21). The second-order valence-electron chi connectivity index (χ2n) is 4.50. The van der Waals surface area contributed by atoms with Gasteiger partial charge in [-0.1, -0.05) is 39.7 Å². The quantitative estimate of drug-likeness (QED) is 0.501. The summed E-state index contributed by atoms with van der Waals surface area (Å²) in [7, 11) is -5.59. The molecule has 0 aliphatic rings. The van der Waals surface area contributed by atoms with Crippen LogP contribution in [0.3, 0.4) is 0 Å². The highest BCUT2D eigenvalue weighted by molar-refractivity contribution is 9.10. The molecule has 23 heavy (non-hydrogen) atoms. The fourth-order valence-corrected chi connectivity index (χ4v) is 3.89. The molecule has 0 bridgehead atoms. The first-order chi connectivity index (χ1) is 10.6. The average molecular weight is 445 g/mol. The second kappa shape index (κ2) is 7.17. The highest BCUT2D eigenvalue weighted by Crippen LogP contribution is 2.60. The fraction of sp³-hybridized carbons (Fsp3) is 0.154. The van der Waals surface area contributed by atoms with Gasteiger partial charge in [0.2, 0.25) is 0 Å². The summed E-state index contributed by atoms with van der Waals surface area (Å²) in [6, 6.07) is 7.23. The molecule has 0 saturated carbocycles. The zero-order valence-corrected chi connectivity index (χ0v) is 15.3. The minimum atomic E-state index is -5.59. The molecule has 0 unspecified atom stereocenters. The van der Waals surface area contributed by atoms with Gasteiger partial charge in [-0.15, -0.1) is 11.8 Å². The Hall–Kier alpha value is -0.500. The number of rotatable bonds is 5. The van der Waals surface area contributed by atoms with Crippen LogP contribution in [0.5, 0.6) is 0 Å². The van der Waals surface area contributed by atoms with Gasteiger partial charge in [0.1, 0.15) is 0 Å². The summed E-state index contributed by atoms with van der Waals surface area (Å²) in [6.07, 6.45) is 1.50. The van der Waals surface area contributed by atoms with E-state index in [9.17, 15) is 13.3 Å². The van der Waals surface area contributed by atoms with E-state index in [1.807, 2.05) is 0 Å². The van der Waals surface area contributed by atoms with Gasteiger partial charge in [-0.2, -0.15) is 8.78 Å². The maximum atomic E-state index is 13.7.